The number of ketones is 1. The summed E-state index contributed by atoms with van der Waals surface area (Å²) in [6, 6.07) is 9.01. The standard InChI is InChI=1S/C100H156O45/c1-13-43(3)48(28-49(104)30-51(106)31-56(44(4)14-2)134-88-70(117)66(113)58(36-102)135-88)29-50(105)32-63(110)138-77-46(6)133-90(81(73(77)120)143-87-72(119)68(115)76(45(5)132-87)139-86-75(122)78(55(108)39-130-86)140-92-83(123)99(127,42-131-92)41-128-37-47-18-16-15-17-19-47)145-93(126)100-27-26-94(7,8)33-53(100)52-20-21-60-95(9)24-23-62(96(10,40-103)59(95)22-25-97(60,11)98(52,12)34-61(100)109)137-91-82(144-89-71(118)67(114)65(112)57(35-101)136-89)79(74(121)80(142-91)84(124)125)141-85-69(116)64(111)54(107)38-129-85/h15-20,40,43-46,48,50-51,53-62,64-83,85-92,101-102,105-109,111-123,127H,13-14,21-39,41-42H2,1-12H3,(H,124,125)/t43-,44-,45?,46?,48-,50-,51+,53?,54+,55+,56-,57?,58-,59+,60?,61?,62-,64-,65-,66?,67-,68?,69?,70?,71?,72?,73?,74-,75?,76-,77-,78?,79-,80?,81?,82?,83?,85-,86-,87-,88+,89-,90-,91+,92-,95?,96+,97-,98+,99-,100+/m0/s1. The lowest BCUT2D eigenvalue weighted by molar-refractivity contribution is -0.391. The van der Waals surface area contributed by atoms with Crippen LogP contribution in [-0.2, 0) is 116 Å². The van der Waals surface area contributed by atoms with Crippen molar-refractivity contribution in [2.45, 2.75) is 438 Å². The molecule has 22 N–H and O–H groups in total. The van der Waals surface area contributed by atoms with Crippen molar-refractivity contribution in [3.8, 4) is 0 Å². The molecule has 45 heteroatoms. The number of allylic oxidation sites excluding steroid dienone is 2. The van der Waals surface area contributed by atoms with Gasteiger partial charge in [-0.3, -0.25) is 14.4 Å². The summed E-state index contributed by atoms with van der Waals surface area (Å²) in [6.45, 7) is 18.7. The zero-order valence-corrected chi connectivity index (χ0v) is 84.0. The number of aldehydes is 1. The van der Waals surface area contributed by atoms with E-state index in [1.165, 1.54) is 13.8 Å². The molecule has 8 heterocycles. The van der Waals surface area contributed by atoms with Gasteiger partial charge in [0.05, 0.1) is 101 Å². The molecule has 8 saturated heterocycles. The summed E-state index contributed by atoms with van der Waals surface area (Å²) in [6.07, 6.45) is -63.9. The van der Waals surface area contributed by atoms with E-state index < -0.39 is 359 Å². The minimum absolute atomic E-state index is 0.0229. The molecule has 4 saturated carbocycles. The monoisotopic (exact) mass is 2080 g/mol. The SMILES string of the molecule is CC[C@H](C)[C@@H](CC(=O)C[C@@H](O)C[C@H](O[C@@H]1O[C@@H](CO)C(O)C1O)[C@@H](C)CC)C[C@H](O)CC(=O)O[C@H]1C(C)O[C@@H](OC(=O)[C@]23CCC(C)(C)CC2C2=CCC4C5(C)CC[C@H](O[C@@H]6OC(C(=O)O)[C@@H](O)[C@H](O[C@@H]7OC[C@@H](O)[C@H](O)C7O)C6O[C@@H]6OC(CO)[C@H](O)[C@H](O)C6O)[C@](C)(C=O)[C@@H]5CC[C@]4(C)[C@]2(C)CC3O)C(O[C@@H]2OC(C)[C@H](O[C@@H]3OC[C@@H](O)C(O[C@@H]4OC[C@@](O)(COCc5ccccc5)C4O)C3O)C(O)C2O)C1O. The third-order valence-corrected chi connectivity index (χ3v) is 35.0. The predicted octanol–water partition coefficient (Wildman–Crippen LogP) is -2.80. The van der Waals surface area contributed by atoms with Gasteiger partial charge in [-0.2, -0.15) is 0 Å². The molecule has 1 aromatic carbocycles. The number of esters is 2. The Hall–Kier alpha value is -4.77. The van der Waals surface area contributed by atoms with Gasteiger partial charge in [0.2, 0.25) is 6.29 Å². The van der Waals surface area contributed by atoms with Gasteiger partial charge < -0.3 is 202 Å². The van der Waals surface area contributed by atoms with Gasteiger partial charge in [-0.25, -0.2) is 4.79 Å². The minimum atomic E-state index is -2.26. The van der Waals surface area contributed by atoms with Crippen LogP contribution in [-0.4, -0.2) is 427 Å². The third kappa shape index (κ3) is 23.2. The highest BCUT2D eigenvalue weighted by Gasteiger charge is 2.74. The number of aliphatic carboxylic acids is 1. The summed E-state index contributed by atoms with van der Waals surface area (Å²) in [5.74, 6) is -6.96. The molecule has 0 spiro atoms. The van der Waals surface area contributed by atoms with Crippen LogP contribution in [0.15, 0.2) is 42.0 Å². The first-order valence-electron chi connectivity index (χ1n) is 51.1. The highest BCUT2D eigenvalue weighted by atomic mass is 16.8. The molecule has 51 atom stereocenters. The summed E-state index contributed by atoms with van der Waals surface area (Å²) in [7, 11) is 0. The molecule has 12 fully saturated rings. The number of aliphatic hydroxyl groups is 21. The van der Waals surface area contributed by atoms with E-state index in [1.54, 1.807) is 31.2 Å². The number of Topliss-reactive ketones (excluding diaryl/α,β-unsaturated/α-hetero) is 1. The van der Waals surface area contributed by atoms with Crippen molar-refractivity contribution in [2.75, 3.05) is 39.6 Å². The van der Waals surface area contributed by atoms with E-state index in [4.69, 9.17) is 85.3 Å². The van der Waals surface area contributed by atoms with Crippen molar-refractivity contribution in [1.82, 2.24) is 0 Å². The molecule has 45 nitrogen and oxygen atoms in total. The maximum atomic E-state index is 16.5. The summed E-state index contributed by atoms with van der Waals surface area (Å²) < 4.78 is 109. The zero-order chi connectivity index (χ0) is 106. The average molecular weight is 2080 g/mol. The number of aliphatic hydroxyl groups excluding tert-OH is 20. The molecule has 0 amide bonds. The second-order valence-corrected chi connectivity index (χ2v) is 44.9. The van der Waals surface area contributed by atoms with Crippen molar-refractivity contribution in [3.63, 3.8) is 0 Å². The van der Waals surface area contributed by atoms with Crippen LogP contribution in [0.25, 0.3) is 0 Å². The van der Waals surface area contributed by atoms with E-state index in [1.807, 2.05) is 47.6 Å². The van der Waals surface area contributed by atoms with Gasteiger partial charge in [0.1, 0.15) is 151 Å². The number of carbonyl (C=O) groups excluding carboxylic acids is 4. The van der Waals surface area contributed by atoms with Gasteiger partial charge in [0.25, 0.3) is 0 Å². The molecule has 0 aromatic heterocycles. The predicted molar refractivity (Wildman–Crippen MR) is 490 cm³/mol. The van der Waals surface area contributed by atoms with E-state index >= 15 is 4.79 Å². The Kier molecular flexibility index (Phi) is 37.4. The summed E-state index contributed by atoms with van der Waals surface area (Å²) in [5, 5.41) is 249. The second-order valence-electron chi connectivity index (χ2n) is 44.9. The first-order chi connectivity index (χ1) is 68.3. The Morgan fingerprint density at radius 3 is 1.77 bits per heavy atom. The van der Waals surface area contributed by atoms with Crippen LogP contribution in [0.2, 0.25) is 0 Å². The van der Waals surface area contributed by atoms with Gasteiger partial charge in [-0.1, -0.05) is 124 Å². The third-order valence-electron chi connectivity index (χ3n) is 35.0. The molecule has 0 bridgehead atoms. The number of carboxylic acids is 1. The zero-order valence-electron chi connectivity index (χ0n) is 84.0. The number of benzene rings is 1. The van der Waals surface area contributed by atoms with E-state index in [0.717, 1.165) is 17.4 Å². The van der Waals surface area contributed by atoms with Crippen molar-refractivity contribution >= 4 is 30.0 Å². The van der Waals surface area contributed by atoms with Crippen LogP contribution >= 0.6 is 0 Å². The lowest BCUT2D eigenvalue weighted by atomic mass is 9.33. The van der Waals surface area contributed by atoms with Crippen LogP contribution in [0.1, 0.15) is 191 Å². The van der Waals surface area contributed by atoms with Crippen LogP contribution < -0.4 is 0 Å². The number of carbonyl (C=O) groups is 5. The summed E-state index contributed by atoms with van der Waals surface area (Å²) in [5.41, 5.74) is -6.71. The summed E-state index contributed by atoms with van der Waals surface area (Å²) in [4.78, 5) is 72.6. The topological polar surface area (TPSA) is 697 Å². The Balaban J connectivity index is 0.704. The number of carboxylic acid groups (broad SMARTS) is 1. The molecule has 5 aliphatic carbocycles. The van der Waals surface area contributed by atoms with Crippen LogP contribution in [0.5, 0.6) is 0 Å². The van der Waals surface area contributed by atoms with Gasteiger partial charge in [0, 0.05) is 19.3 Å². The summed E-state index contributed by atoms with van der Waals surface area (Å²) >= 11 is 0. The maximum absolute atomic E-state index is 16.5. The maximum Gasteiger partial charge on any atom is 0.335 e. The van der Waals surface area contributed by atoms with Crippen LogP contribution in [0, 0.1) is 68.0 Å². The smallest absolute Gasteiger partial charge is 0.335 e. The fourth-order valence-electron chi connectivity index (χ4n) is 25.5. The molecule has 1 aromatic rings. The Morgan fingerprint density at radius 2 is 1.11 bits per heavy atom. The Labute approximate surface area is 840 Å². The quantitative estimate of drug-likeness (QED) is 0.0137. The van der Waals surface area contributed by atoms with Gasteiger partial charge in [-0.05, 0) is 141 Å². The van der Waals surface area contributed by atoms with E-state index in [2.05, 4.69) is 26.8 Å². The molecule has 145 heavy (non-hydrogen) atoms. The van der Waals surface area contributed by atoms with Crippen molar-refractivity contribution in [3.05, 3.63) is 47.5 Å². The average Bonchev–Trinajstić information content (AvgIpc) is 0.785. The van der Waals surface area contributed by atoms with E-state index in [0.29, 0.717) is 51.4 Å². The number of fused-ring (bicyclic) bond motifs is 7. The van der Waals surface area contributed by atoms with E-state index in [9.17, 15) is 132 Å². The number of rotatable bonds is 39. The molecule has 14 rings (SSSR count). The highest BCUT2D eigenvalue weighted by molar-refractivity contribution is 5.80. The largest absolute Gasteiger partial charge is 0.479 e. The number of hydrogen-bond acceptors (Lipinski definition) is 44. The lowest BCUT2D eigenvalue weighted by Gasteiger charge is -2.71. The first kappa shape index (κ1) is 116. The van der Waals surface area contributed by atoms with Gasteiger partial charge >= 0.3 is 17.9 Å². The fraction of sp³-hybridized carbons (Fsp3) is 0.870. The normalized spacial score (nSPS) is 47.0. The minimum Gasteiger partial charge on any atom is -0.479 e. The first-order valence-corrected chi connectivity index (χ1v) is 51.1. The Morgan fingerprint density at radius 1 is 0.524 bits per heavy atom. The molecular formula is C100H156O45. The molecule has 0 radical (unpaired) electrons. The molecular weight excluding hydrogens is 1920 g/mol. The fourth-order valence-corrected chi connectivity index (χ4v) is 25.5. The lowest BCUT2D eigenvalue weighted by Crippen LogP contribution is -2.69. The number of hydrogen-bond donors (Lipinski definition) is 22. The van der Waals surface area contributed by atoms with Crippen molar-refractivity contribution < 1.29 is 222 Å². The Bertz CT molecular complexity index is 4470. The van der Waals surface area contributed by atoms with E-state index in [-0.39, 0.29) is 75.1 Å². The van der Waals surface area contributed by atoms with Crippen LogP contribution in [0.3, 0.4) is 0 Å². The van der Waals surface area contributed by atoms with Gasteiger partial charge in [-0.15, -0.1) is 0 Å². The molecule has 20 unspecified atom stereocenters. The second kappa shape index (κ2) is 46.9. The number of ether oxygens (including phenoxy) is 18. The van der Waals surface area contributed by atoms with Crippen LogP contribution in [0.4, 0.5) is 0 Å². The van der Waals surface area contributed by atoms with Crippen molar-refractivity contribution in [2.24, 2.45) is 68.0 Å². The van der Waals surface area contributed by atoms with Crippen molar-refractivity contribution in [1.29, 1.82) is 0 Å². The molecule has 826 valence electrons. The molecule has 8 aliphatic heterocycles. The molecule has 13 aliphatic rings. The van der Waals surface area contributed by atoms with Gasteiger partial charge in [0.15, 0.2) is 62.3 Å². The highest BCUT2D eigenvalue weighted by Crippen LogP contribution is 2.76.